The van der Waals surface area contributed by atoms with Crippen molar-refractivity contribution in [2.24, 2.45) is 110 Å². The summed E-state index contributed by atoms with van der Waals surface area (Å²) in [6.45, 7) is 31.3. The molecule has 144 heavy (non-hydrogen) atoms. The van der Waals surface area contributed by atoms with Crippen LogP contribution in [0.1, 0.15) is 366 Å². The van der Waals surface area contributed by atoms with E-state index in [0.29, 0.717) is 241 Å². The number of thiazole rings is 9. The lowest BCUT2D eigenvalue weighted by atomic mass is 10.0. The Balaban J connectivity index is 0.000000316. The van der Waals surface area contributed by atoms with Gasteiger partial charge in [0, 0.05) is 99.2 Å². The number of amides is 8. The van der Waals surface area contributed by atoms with Crippen molar-refractivity contribution in [3.05, 3.63) is 140 Å². The van der Waals surface area contributed by atoms with E-state index < -0.39 is 77.9 Å². The van der Waals surface area contributed by atoms with Gasteiger partial charge in [0.25, 0.3) is 35.4 Å². The van der Waals surface area contributed by atoms with Gasteiger partial charge in [-0.05, 0) is 140 Å². The number of carbonyl (C=O) groups is 11. The molecule has 0 aromatic carbocycles. The molecule has 0 aliphatic rings. The normalized spacial score (nSPS) is 12.5. The minimum atomic E-state index is -0.697. The quantitative estimate of drug-likeness (QED) is 0.00830. The van der Waals surface area contributed by atoms with Crippen molar-refractivity contribution in [2.45, 2.75) is 250 Å². The lowest BCUT2D eigenvalue weighted by Crippen LogP contribution is -2.33. The van der Waals surface area contributed by atoms with Gasteiger partial charge in [0.05, 0.1) is 153 Å². The predicted molar refractivity (Wildman–Crippen MR) is 572 cm³/mol. The van der Waals surface area contributed by atoms with Crippen molar-refractivity contribution in [3.8, 4) is 0 Å². The first-order valence-corrected chi connectivity index (χ1v) is 52.9. The smallest absolute Gasteiger partial charge is 0.263 e. The summed E-state index contributed by atoms with van der Waals surface area (Å²) in [4.78, 5) is 208. The Labute approximate surface area is 870 Å². The lowest BCUT2D eigenvalue weighted by Gasteiger charge is -2.19. The molecule has 47 nitrogen and oxygen atoms in total. The Morgan fingerprint density at radius 3 is 0.854 bits per heavy atom. The number of guanidine groups is 6. The van der Waals surface area contributed by atoms with Crippen LogP contribution in [0.25, 0.3) is 0 Å². The molecule has 0 radical (unpaired) electrons. The number of carbonyl (C=O) groups excluding carboxylic acids is 11. The van der Waals surface area contributed by atoms with Crippen LogP contribution in [0.3, 0.4) is 0 Å². The highest BCUT2D eigenvalue weighted by Gasteiger charge is 2.35. The Hall–Kier alpha value is -13.0. The van der Waals surface area contributed by atoms with Crippen molar-refractivity contribution >= 4 is 202 Å². The van der Waals surface area contributed by atoms with Gasteiger partial charge in [0.1, 0.15) is 29.3 Å². The number of hydrogen-bond donors (Lipinski definition) is 21. The topological polar surface area (TPSA) is 826 Å². The van der Waals surface area contributed by atoms with Crippen LogP contribution in [0.4, 0.5) is 0 Å². The van der Waals surface area contributed by atoms with Crippen molar-refractivity contribution in [2.75, 3.05) is 39.3 Å². The first-order chi connectivity index (χ1) is 67.8. The SMILES string of the molecule is CC(=O)N[C@@H](C)c1nc(CCCN=C(N)N)sc1C(=O)N[C@@H](C)c1nc(C)sc1C(=O)N[C@@H](CCCN=C(N)N)c1nc(C)sc1C(C)=O.CC(=O)N[C@@H](CCCN=C(N)N)c1nc(C)sc1C(=O)N[C@@H](C)c1nc(CCCN=C(N)N)sc1C(=O)N[C@@H](C)c1nc(C)sc1C(C)=O.CCc1nc(C)sc1C(C)=O.Cc1nc([C@@H](N)CCCN=C(N)N)c(C(=O)N[C@@H](C)c2nc(CCCN=C(N)N)sc2C(N)=O)s1. The highest BCUT2D eigenvalue weighted by molar-refractivity contribution is 7.16. The largest absolute Gasteiger partial charge is 0.370 e. The lowest BCUT2D eigenvalue weighted by molar-refractivity contribution is -0.120. The third-order valence-corrected chi connectivity index (χ3v) is 29.8. The predicted octanol–water partition coefficient (Wildman–Crippen LogP) is 6.56. The number of aliphatic imine (C=N–C) groups is 6. The maximum atomic E-state index is 13.9. The molecular formula is C88H132N36O11S9. The van der Waals surface area contributed by atoms with Gasteiger partial charge >= 0.3 is 0 Å². The fourth-order valence-electron chi connectivity index (χ4n) is 14.0. The third kappa shape index (κ3) is 38.3. The molecule has 0 saturated carbocycles. The number of primary amides is 1. The van der Waals surface area contributed by atoms with Crippen molar-refractivity contribution in [3.63, 3.8) is 0 Å². The number of nitrogens with two attached hydrogens (primary N) is 14. The standard InChI is InChI=1S/2C30H44N12O4S3.C20H33N11O2S2.C8H11NOS/c1-13(37-16(4)44)22-26(49-20(42-22)10-8-12-36-30(33)34)27(45)38-14(2)21-25(48-17(5)39-21)28(46)41-19(9-7-11-35-29(31)32)23-24(15(3)43)47-18(6)40-23;1-13(21-24(15(3)43)47-17(5)40-21)37-27(45)25-22(42-20(49-25)10-8-12-36-30(33)34)14(2)38-28(46)26-23(41-18(6)48-26)19(39-16(4)44)9-7-11-35-29(31)32;1-9(13-15(17(22)32)35-12(31-13)6-4-8-28-20(25)26)29-18(33)16-14(30-10(2)34-16)11(21)5-3-7-27-19(23)24;1-4-7-8(5(2)10)11-6(3)9-7/h13-14,19H,7-12H2,1-6H3,(H,37,44)(H,38,45)(H,41,46)(H4,31,32,35)(H4,33,34,36);13-14,19H,7-12H2,1-6H3,(H,37,45)(H,38,46)(H,39,44)(H4,31,32,35)(H4,33,34,36);9,11H,3-8,21H2,1-2H3,(H2,22,32)(H,29,33)(H4,23,24,27)(H4,25,26,28);4H2,1-3H3/t2*13-,14-,19-;9-,11-;/m000./s1. The van der Waals surface area contributed by atoms with Crippen LogP contribution in [0.2, 0.25) is 0 Å². The number of ketones is 3. The summed E-state index contributed by atoms with van der Waals surface area (Å²) in [5.74, 6) is -3.40. The first kappa shape index (κ1) is 120. The average Bonchev–Trinajstić information content (AvgIpc) is 1.65. The monoisotopic (exact) mass is 2160 g/mol. The molecule has 0 fully saturated rings. The van der Waals surface area contributed by atoms with Gasteiger partial charge in [-0.2, -0.15) is 0 Å². The molecule has 0 bridgehead atoms. The maximum Gasteiger partial charge on any atom is 0.263 e. The summed E-state index contributed by atoms with van der Waals surface area (Å²) >= 11 is 11.3. The van der Waals surface area contributed by atoms with Gasteiger partial charge in [0.15, 0.2) is 53.1 Å². The van der Waals surface area contributed by atoms with E-state index in [0.717, 1.165) is 22.0 Å². The fraction of sp³-hybridized carbons (Fsp3) is 0.500. The molecule has 0 aliphatic carbocycles. The number of nitrogens with zero attached hydrogens (tertiary/aromatic N) is 15. The van der Waals surface area contributed by atoms with Crippen molar-refractivity contribution < 1.29 is 52.7 Å². The van der Waals surface area contributed by atoms with Gasteiger partial charge in [-0.3, -0.25) is 82.7 Å². The summed E-state index contributed by atoms with van der Waals surface area (Å²) in [6, 6.07) is -4.66. The van der Waals surface area contributed by atoms with Crippen LogP contribution in [-0.2, 0) is 35.3 Å². The maximum absolute atomic E-state index is 13.9. The van der Waals surface area contributed by atoms with Crippen LogP contribution >= 0.6 is 102 Å². The zero-order valence-electron chi connectivity index (χ0n) is 83.5. The molecule has 9 rings (SSSR count). The summed E-state index contributed by atoms with van der Waals surface area (Å²) in [7, 11) is 0. The number of aryl methyl sites for hydroxylation is 10. The molecule has 35 N–H and O–H groups in total. The molecule has 56 heteroatoms. The molecule has 8 amide bonds. The Morgan fingerprint density at radius 1 is 0.278 bits per heavy atom. The highest BCUT2D eigenvalue weighted by Crippen LogP contribution is 2.37. The van der Waals surface area contributed by atoms with E-state index in [1.54, 1.807) is 76.2 Å². The molecule has 8 atom stereocenters. The van der Waals surface area contributed by atoms with Gasteiger partial charge < -0.3 is 117 Å². The molecule has 0 unspecified atom stereocenters. The van der Waals surface area contributed by atoms with E-state index in [2.05, 4.69) is 107 Å². The highest BCUT2D eigenvalue weighted by atomic mass is 32.1. The van der Waals surface area contributed by atoms with E-state index in [-0.39, 0.29) is 70.8 Å². The summed E-state index contributed by atoms with van der Waals surface area (Å²) in [6.07, 6.45) is 7.37. The minimum Gasteiger partial charge on any atom is -0.370 e. The number of nitrogens with one attached hydrogen (secondary N) is 7. The van der Waals surface area contributed by atoms with E-state index >= 15 is 0 Å². The summed E-state index contributed by atoms with van der Waals surface area (Å²) in [5, 5.41) is 26.9. The van der Waals surface area contributed by atoms with Gasteiger partial charge in [-0.25, -0.2) is 44.9 Å². The zero-order chi connectivity index (χ0) is 107. The van der Waals surface area contributed by atoms with E-state index in [9.17, 15) is 52.7 Å². The first-order valence-electron chi connectivity index (χ1n) is 45.6. The fourth-order valence-corrected chi connectivity index (χ4v) is 22.7. The number of hydrogen-bond acceptors (Lipinski definition) is 36. The van der Waals surface area contributed by atoms with Crippen molar-refractivity contribution in [1.29, 1.82) is 0 Å². The summed E-state index contributed by atoms with van der Waals surface area (Å²) in [5.41, 5.74) is 81.2. The second-order valence-corrected chi connectivity index (χ2v) is 43.2. The molecule has 0 saturated heterocycles. The number of rotatable bonds is 49. The van der Waals surface area contributed by atoms with Crippen LogP contribution < -0.4 is 117 Å². The van der Waals surface area contributed by atoms with E-state index in [1.165, 1.54) is 130 Å². The van der Waals surface area contributed by atoms with E-state index in [4.69, 9.17) is 85.3 Å². The zero-order valence-corrected chi connectivity index (χ0v) is 90.9. The van der Waals surface area contributed by atoms with Crippen LogP contribution in [-0.4, -0.2) is 184 Å². The number of aromatic nitrogens is 9. The third-order valence-electron chi connectivity index (χ3n) is 20.2. The molecule has 9 heterocycles. The minimum absolute atomic E-state index is 0.00380. The second-order valence-electron chi connectivity index (χ2n) is 32.8. The van der Waals surface area contributed by atoms with E-state index in [1.807, 2.05) is 13.8 Å². The Bertz CT molecular complexity index is 6140. The molecule has 784 valence electrons. The van der Waals surface area contributed by atoms with Crippen LogP contribution in [0.15, 0.2) is 30.0 Å². The van der Waals surface area contributed by atoms with Crippen LogP contribution in [0, 0.1) is 41.5 Å². The molecule has 9 aromatic rings. The number of Topliss-reactive ketones (excluding diaryl/α,β-unsaturated/α-hetero) is 3. The van der Waals surface area contributed by atoms with Gasteiger partial charge in [-0.15, -0.1) is 102 Å². The van der Waals surface area contributed by atoms with Crippen LogP contribution in [0.5, 0.6) is 0 Å². The summed E-state index contributed by atoms with van der Waals surface area (Å²) < 4.78 is 0. The van der Waals surface area contributed by atoms with Crippen molar-refractivity contribution in [1.82, 2.24) is 82.1 Å². The molecule has 0 spiro atoms. The van der Waals surface area contributed by atoms with Gasteiger partial charge in [-0.1, -0.05) is 6.92 Å². The average molecular weight is 2160 g/mol. The molecule has 0 aliphatic heterocycles. The molecular weight excluding hydrogens is 2030 g/mol. The Morgan fingerprint density at radius 2 is 0.521 bits per heavy atom. The second kappa shape index (κ2) is 58.1. The Kier molecular flexibility index (Phi) is 48.3. The van der Waals surface area contributed by atoms with Gasteiger partial charge in [0.2, 0.25) is 11.8 Å². The molecule has 9 aromatic heterocycles.